The number of benzene rings is 2. The number of H-pyrrole nitrogens is 1. The number of halogens is 1. The Kier molecular flexibility index (Phi) is 5.36. The second-order valence-corrected chi connectivity index (χ2v) is 9.01. The number of carbonyl (C=O) groups is 1. The Balaban J connectivity index is 1.22. The normalized spacial score (nSPS) is 15.1. The van der Waals surface area contributed by atoms with Gasteiger partial charge in [0.25, 0.3) is 5.56 Å². The average Bonchev–Trinajstić information content (AvgIpc) is 3.23. The molecule has 5 rings (SSSR count). The van der Waals surface area contributed by atoms with Crippen LogP contribution in [0.15, 0.2) is 64.3 Å². The number of fused-ring (bicyclic) bond motifs is 2. The molecule has 0 atom stereocenters. The summed E-state index contributed by atoms with van der Waals surface area (Å²) in [5.74, 6) is 0.560. The van der Waals surface area contributed by atoms with Crippen molar-refractivity contribution in [3.63, 3.8) is 0 Å². The molecule has 7 heteroatoms. The first-order chi connectivity index (χ1) is 15.1. The van der Waals surface area contributed by atoms with E-state index in [4.69, 9.17) is 0 Å². The molecule has 1 N–H and O–H groups in total. The van der Waals surface area contributed by atoms with Gasteiger partial charge in [-0.1, -0.05) is 34.1 Å². The fourth-order valence-corrected chi connectivity index (χ4v) is 4.90. The fraction of sp³-hybridized carbons (Fsp3) is 0.292. The number of para-hydroxylation sites is 1. The lowest BCUT2D eigenvalue weighted by Crippen LogP contribution is -2.38. The van der Waals surface area contributed by atoms with Gasteiger partial charge in [-0.15, -0.1) is 0 Å². The molecule has 2 aromatic carbocycles. The number of hydrogen-bond acceptors (Lipinski definition) is 3. The summed E-state index contributed by atoms with van der Waals surface area (Å²) in [5.41, 5.74) is 3.06. The van der Waals surface area contributed by atoms with Crippen LogP contribution in [0.5, 0.6) is 0 Å². The van der Waals surface area contributed by atoms with Crippen LogP contribution in [0.1, 0.15) is 30.7 Å². The molecule has 0 aliphatic carbocycles. The Labute approximate surface area is 188 Å². The van der Waals surface area contributed by atoms with Crippen molar-refractivity contribution in [3.8, 4) is 0 Å². The van der Waals surface area contributed by atoms with Crippen LogP contribution in [0.25, 0.3) is 21.8 Å². The van der Waals surface area contributed by atoms with Crippen LogP contribution < -0.4 is 5.56 Å². The zero-order chi connectivity index (χ0) is 21.4. The van der Waals surface area contributed by atoms with Crippen LogP contribution in [0.2, 0.25) is 0 Å². The number of amides is 1. The first kappa shape index (κ1) is 20.0. The highest BCUT2D eigenvalue weighted by Gasteiger charge is 2.25. The molecule has 6 nitrogen and oxygen atoms in total. The van der Waals surface area contributed by atoms with Crippen molar-refractivity contribution >= 4 is 43.6 Å². The van der Waals surface area contributed by atoms with Gasteiger partial charge in [-0.05, 0) is 48.6 Å². The van der Waals surface area contributed by atoms with Gasteiger partial charge in [0, 0.05) is 47.6 Å². The van der Waals surface area contributed by atoms with Crippen LogP contribution in [-0.4, -0.2) is 38.4 Å². The number of nitrogens with zero attached hydrogens (tertiary/aromatic N) is 3. The van der Waals surface area contributed by atoms with E-state index in [1.165, 1.54) is 21.8 Å². The van der Waals surface area contributed by atoms with Crippen molar-refractivity contribution in [2.75, 3.05) is 13.1 Å². The van der Waals surface area contributed by atoms with Crippen LogP contribution in [0, 0.1) is 0 Å². The number of aromatic amines is 1. The SMILES string of the molecule is O=C(CCn1cnc2ccc(Br)cc2c1=O)N1CCC(c2c[nH]c3ccccc23)CC1. The molecule has 3 heterocycles. The molecule has 1 amide bonds. The number of rotatable bonds is 4. The fourth-order valence-electron chi connectivity index (χ4n) is 4.54. The minimum Gasteiger partial charge on any atom is -0.361 e. The summed E-state index contributed by atoms with van der Waals surface area (Å²) >= 11 is 3.40. The van der Waals surface area contributed by atoms with E-state index in [-0.39, 0.29) is 11.5 Å². The summed E-state index contributed by atoms with van der Waals surface area (Å²) in [7, 11) is 0. The molecule has 0 spiro atoms. The Bertz CT molecular complexity index is 1320. The lowest BCUT2D eigenvalue weighted by Gasteiger charge is -2.32. The van der Waals surface area contributed by atoms with Crippen LogP contribution in [0.4, 0.5) is 0 Å². The molecular formula is C24H23BrN4O2. The number of nitrogens with one attached hydrogen (secondary N) is 1. The molecule has 0 saturated carbocycles. The van der Waals surface area contributed by atoms with Crippen LogP contribution in [-0.2, 0) is 11.3 Å². The Hall–Kier alpha value is -2.93. The van der Waals surface area contributed by atoms with Crippen molar-refractivity contribution in [2.24, 2.45) is 0 Å². The minimum absolute atomic E-state index is 0.0959. The number of aromatic nitrogens is 3. The molecule has 31 heavy (non-hydrogen) atoms. The van der Waals surface area contributed by atoms with Gasteiger partial charge in [0.05, 0.1) is 17.2 Å². The maximum Gasteiger partial charge on any atom is 0.261 e. The Morgan fingerprint density at radius 2 is 1.94 bits per heavy atom. The maximum atomic E-state index is 12.8. The monoisotopic (exact) mass is 478 g/mol. The third kappa shape index (κ3) is 3.90. The molecule has 1 saturated heterocycles. The van der Waals surface area contributed by atoms with E-state index in [9.17, 15) is 9.59 Å². The lowest BCUT2D eigenvalue weighted by molar-refractivity contribution is -0.132. The molecule has 1 aliphatic rings. The van der Waals surface area contributed by atoms with E-state index in [2.05, 4.69) is 50.3 Å². The summed E-state index contributed by atoms with van der Waals surface area (Å²) < 4.78 is 2.37. The van der Waals surface area contributed by atoms with E-state index in [1.807, 2.05) is 23.1 Å². The zero-order valence-electron chi connectivity index (χ0n) is 17.1. The summed E-state index contributed by atoms with van der Waals surface area (Å²) in [6.07, 6.45) is 5.87. The second kappa shape index (κ2) is 8.30. The van der Waals surface area contributed by atoms with E-state index in [0.717, 1.165) is 35.9 Å². The summed E-state index contributed by atoms with van der Waals surface area (Å²) in [6, 6.07) is 13.8. The Morgan fingerprint density at radius 1 is 1.13 bits per heavy atom. The molecule has 1 fully saturated rings. The van der Waals surface area contributed by atoms with Crippen molar-refractivity contribution in [1.82, 2.24) is 19.4 Å². The van der Waals surface area contributed by atoms with E-state index in [1.54, 1.807) is 6.07 Å². The van der Waals surface area contributed by atoms with Gasteiger partial charge in [-0.2, -0.15) is 0 Å². The smallest absolute Gasteiger partial charge is 0.261 e. The molecule has 158 valence electrons. The summed E-state index contributed by atoms with van der Waals surface area (Å²) in [5, 5.41) is 1.84. The van der Waals surface area contributed by atoms with E-state index < -0.39 is 0 Å². The predicted molar refractivity (Wildman–Crippen MR) is 125 cm³/mol. The lowest BCUT2D eigenvalue weighted by atomic mass is 9.89. The first-order valence-electron chi connectivity index (χ1n) is 10.6. The number of aryl methyl sites for hydroxylation is 1. The van der Waals surface area contributed by atoms with E-state index >= 15 is 0 Å². The highest BCUT2D eigenvalue weighted by Crippen LogP contribution is 2.33. The maximum absolute atomic E-state index is 12.8. The number of carbonyl (C=O) groups excluding carboxylic acids is 1. The van der Waals surface area contributed by atoms with Crippen LogP contribution >= 0.6 is 15.9 Å². The van der Waals surface area contributed by atoms with Gasteiger partial charge in [-0.25, -0.2) is 4.98 Å². The predicted octanol–water partition coefficient (Wildman–Crippen LogP) is 4.44. The third-order valence-corrected chi connectivity index (χ3v) is 6.75. The summed E-state index contributed by atoms with van der Waals surface area (Å²) in [4.78, 5) is 35.1. The number of piperidine rings is 1. The zero-order valence-corrected chi connectivity index (χ0v) is 18.6. The van der Waals surface area contributed by atoms with Gasteiger partial charge in [0.1, 0.15) is 0 Å². The standard InChI is InChI=1S/C24H23BrN4O2/c25-17-5-6-22-19(13-17)24(31)29(15-27-22)12-9-23(30)28-10-7-16(8-11-28)20-14-26-21-4-2-1-3-18(20)21/h1-6,13-16,26H,7-12H2. The van der Waals surface area contributed by atoms with Gasteiger partial charge in [0.2, 0.25) is 5.91 Å². The van der Waals surface area contributed by atoms with Gasteiger partial charge in [-0.3, -0.25) is 14.2 Å². The second-order valence-electron chi connectivity index (χ2n) is 8.10. The number of hydrogen-bond donors (Lipinski definition) is 1. The largest absolute Gasteiger partial charge is 0.361 e. The van der Waals surface area contributed by atoms with Crippen LogP contribution in [0.3, 0.4) is 0 Å². The van der Waals surface area contributed by atoms with Crippen molar-refractivity contribution in [3.05, 3.63) is 75.4 Å². The Morgan fingerprint density at radius 3 is 2.77 bits per heavy atom. The highest BCUT2D eigenvalue weighted by atomic mass is 79.9. The highest BCUT2D eigenvalue weighted by molar-refractivity contribution is 9.10. The molecule has 0 unspecified atom stereocenters. The molecule has 1 aliphatic heterocycles. The minimum atomic E-state index is -0.114. The molecular weight excluding hydrogens is 456 g/mol. The quantitative estimate of drug-likeness (QED) is 0.471. The summed E-state index contributed by atoms with van der Waals surface area (Å²) in [6.45, 7) is 1.84. The molecule has 4 aromatic rings. The third-order valence-electron chi connectivity index (χ3n) is 6.26. The van der Waals surface area contributed by atoms with Crippen molar-refractivity contribution in [2.45, 2.75) is 31.7 Å². The molecule has 0 bridgehead atoms. The molecule has 0 radical (unpaired) electrons. The van der Waals surface area contributed by atoms with E-state index in [0.29, 0.717) is 29.8 Å². The van der Waals surface area contributed by atoms with Crippen molar-refractivity contribution in [1.29, 1.82) is 0 Å². The average molecular weight is 479 g/mol. The number of likely N-dealkylation sites (tertiary alicyclic amines) is 1. The van der Waals surface area contributed by atoms with Gasteiger partial charge in [0.15, 0.2) is 0 Å². The van der Waals surface area contributed by atoms with Gasteiger partial charge < -0.3 is 9.88 Å². The molecule has 2 aromatic heterocycles. The van der Waals surface area contributed by atoms with Gasteiger partial charge >= 0.3 is 0 Å². The first-order valence-corrected chi connectivity index (χ1v) is 11.4. The topological polar surface area (TPSA) is 71.0 Å². The van der Waals surface area contributed by atoms with Crippen molar-refractivity contribution < 1.29 is 4.79 Å².